The Bertz CT molecular complexity index is 511. The number of nitrogens with zero attached hydrogens (tertiary/aromatic N) is 3. The van der Waals surface area contributed by atoms with E-state index >= 15 is 0 Å². The van der Waals surface area contributed by atoms with E-state index in [1.54, 1.807) is 0 Å². The molecule has 0 unspecified atom stereocenters. The van der Waals surface area contributed by atoms with Crippen molar-refractivity contribution in [3.63, 3.8) is 0 Å². The molecule has 0 saturated carbocycles. The van der Waals surface area contributed by atoms with Crippen LogP contribution in [-0.4, -0.2) is 14.8 Å². The molecule has 0 aliphatic heterocycles. The number of nitrogens with two attached hydrogens (primary N) is 1. The normalized spacial score (nSPS) is 10.6. The molecule has 4 nitrogen and oxygen atoms in total. The lowest BCUT2D eigenvalue weighted by atomic mass is 10.4. The molecule has 0 fully saturated rings. The predicted molar refractivity (Wildman–Crippen MR) is 53.4 cm³/mol. The van der Waals surface area contributed by atoms with E-state index in [-0.39, 0.29) is 11.6 Å². The maximum atomic E-state index is 13.3. The maximum absolute atomic E-state index is 13.3. The van der Waals surface area contributed by atoms with Gasteiger partial charge in [-0.15, -0.1) is 0 Å². The molecule has 0 bridgehead atoms. The fourth-order valence-electron chi connectivity index (χ4n) is 1.05. The average Bonchev–Trinajstić information content (AvgIpc) is 2.58. The number of rotatable bonds is 1. The smallest absolute Gasteiger partial charge is 0.191 e. The summed E-state index contributed by atoms with van der Waals surface area (Å²) >= 11 is 3.15. The van der Waals surface area contributed by atoms with Crippen molar-refractivity contribution >= 4 is 21.7 Å². The Balaban J connectivity index is 2.58. The topological polar surface area (TPSA) is 56.7 Å². The monoisotopic (exact) mass is 274 g/mol. The molecule has 2 aromatic rings. The SMILES string of the molecule is Nc1nc(-n2cc(Br)cn2)c(F)cc1F. The van der Waals surface area contributed by atoms with E-state index < -0.39 is 11.6 Å². The number of pyridine rings is 1. The highest BCUT2D eigenvalue weighted by Crippen LogP contribution is 2.17. The van der Waals surface area contributed by atoms with Gasteiger partial charge in [0.1, 0.15) is 0 Å². The third-order valence-electron chi connectivity index (χ3n) is 1.71. The van der Waals surface area contributed by atoms with Gasteiger partial charge in [0.2, 0.25) is 0 Å². The van der Waals surface area contributed by atoms with Gasteiger partial charge >= 0.3 is 0 Å². The van der Waals surface area contributed by atoms with Gasteiger partial charge in [-0.1, -0.05) is 0 Å². The van der Waals surface area contributed by atoms with Crippen LogP contribution in [-0.2, 0) is 0 Å². The standard InChI is InChI=1S/C8H5BrF2N4/c9-4-2-13-15(3-4)8-6(11)1-5(10)7(12)14-8/h1-3H,(H2,12,14). The Morgan fingerprint density at radius 3 is 2.67 bits per heavy atom. The van der Waals surface area contributed by atoms with E-state index in [0.29, 0.717) is 10.5 Å². The zero-order chi connectivity index (χ0) is 11.0. The first-order chi connectivity index (χ1) is 7.08. The van der Waals surface area contributed by atoms with Gasteiger partial charge < -0.3 is 5.73 Å². The van der Waals surface area contributed by atoms with Gasteiger partial charge in [-0.3, -0.25) is 0 Å². The molecular weight excluding hydrogens is 270 g/mol. The summed E-state index contributed by atoms with van der Waals surface area (Å²) in [5, 5.41) is 3.81. The molecule has 0 spiro atoms. The van der Waals surface area contributed by atoms with E-state index in [1.165, 1.54) is 12.4 Å². The first kappa shape index (κ1) is 10.0. The molecule has 0 amide bonds. The molecule has 0 aromatic carbocycles. The van der Waals surface area contributed by atoms with Gasteiger partial charge in [0.25, 0.3) is 0 Å². The Hall–Kier alpha value is -1.50. The first-order valence-corrected chi connectivity index (χ1v) is 4.69. The van der Waals surface area contributed by atoms with Crippen LogP contribution in [0.1, 0.15) is 0 Å². The van der Waals surface area contributed by atoms with Crippen LogP contribution in [0.15, 0.2) is 22.9 Å². The van der Waals surface area contributed by atoms with Gasteiger partial charge in [0.15, 0.2) is 23.3 Å². The molecule has 2 aromatic heterocycles. The predicted octanol–water partition coefficient (Wildman–Crippen LogP) is 1.89. The third kappa shape index (κ3) is 1.82. The molecule has 7 heteroatoms. The fourth-order valence-corrected chi connectivity index (χ4v) is 1.33. The summed E-state index contributed by atoms with van der Waals surface area (Å²) in [7, 11) is 0. The van der Waals surface area contributed by atoms with Crippen LogP contribution in [0.5, 0.6) is 0 Å². The summed E-state index contributed by atoms with van der Waals surface area (Å²) < 4.78 is 27.9. The highest BCUT2D eigenvalue weighted by Gasteiger charge is 2.12. The summed E-state index contributed by atoms with van der Waals surface area (Å²) in [5.41, 5.74) is 5.23. The van der Waals surface area contributed by atoms with Gasteiger partial charge in [-0.05, 0) is 15.9 Å². The van der Waals surface area contributed by atoms with Gasteiger partial charge in [0, 0.05) is 12.3 Å². The Kier molecular flexibility index (Phi) is 2.39. The highest BCUT2D eigenvalue weighted by molar-refractivity contribution is 9.10. The third-order valence-corrected chi connectivity index (χ3v) is 2.12. The molecule has 2 rings (SSSR count). The molecule has 2 N–H and O–H groups in total. The molecule has 15 heavy (non-hydrogen) atoms. The number of nitrogen functional groups attached to an aromatic ring is 1. The second kappa shape index (κ2) is 3.58. The molecule has 0 atom stereocenters. The number of aromatic nitrogens is 3. The van der Waals surface area contributed by atoms with Crippen molar-refractivity contribution < 1.29 is 8.78 Å². The van der Waals surface area contributed by atoms with E-state index in [2.05, 4.69) is 26.0 Å². The molecule has 2 heterocycles. The molecule has 0 saturated heterocycles. The highest BCUT2D eigenvalue weighted by atomic mass is 79.9. The van der Waals surface area contributed by atoms with E-state index in [9.17, 15) is 8.78 Å². The van der Waals surface area contributed by atoms with Crippen molar-refractivity contribution in [3.05, 3.63) is 34.6 Å². The Morgan fingerprint density at radius 2 is 2.07 bits per heavy atom. The molecule has 0 radical (unpaired) electrons. The lowest BCUT2D eigenvalue weighted by Gasteiger charge is -2.03. The van der Waals surface area contributed by atoms with Crippen LogP contribution in [0.2, 0.25) is 0 Å². The molecule has 78 valence electrons. The maximum Gasteiger partial charge on any atom is 0.191 e. The summed E-state index contributed by atoms with van der Waals surface area (Å²) in [5.74, 6) is -2.21. The Morgan fingerprint density at radius 1 is 1.33 bits per heavy atom. The summed E-state index contributed by atoms with van der Waals surface area (Å²) in [6.07, 6.45) is 2.95. The molecular formula is C8H5BrF2N4. The van der Waals surface area contributed by atoms with Crippen LogP contribution < -0.4 is 5.73 Å². The zero-order valence-electron chi connectivity index (χ0n) is 7.28. The fraction of sp³-hybridized carbons (Fsp3) is 0. The van der Waals surface area contributed by atoms with Crippen molar-refractivity contribution in [3.8, 4) is 5.82 Å². The van der Waals surface area contributed by atoms with E-state index in [0.717, 1.165) is 4.68 Å². The van der Waals surface area contributed by atoms with Crippen LogP contribution in [0.25, 0.3) is 5.82 Å². The lowest BCUT2D eigenvalue weighted by molar-refractivity contribution is 0.564. The second-order valence-electron chi connectivity index (χ2n) is 2.76. The number of hydrogen-bond acceptors (Lipinski definition) is 3. The minimum atomic E-state index is -0.887. The average molecular weight is 275 g/mol. The van der Waals surface area contributed by atoms with E-state index in [4.69, 9.17) is 5.73 Å². The van der Waals surface area contributed by atoms with E-state index in [1.807, 2.05) is 0 Å². The largest absolute Gasteiger partial charge is 0.381 e. The van der Waals surface area contributed by atoms with Gasteiger partial charge in [-0.2, -0.15) is 5.10 Å². The number of halogens is 3. The summed E-state index contributed by atoms with van der Waals surface area (Å²) in [6, 6.07) is 0.674. The quantitative estimate of drug-likeness (QED) is 0.864. The first-order valence-electron chi connectivity index (χ1n) is 3.90. The summed E-state index contributed by atoms with van der Waals surface area (Å²) in [4.78, 5) is 3.56. The van der Waals surface area contributed by atoms with Crippen LogP contribution >= 0.6 is 15.9 Å². The molecule has 0 aliphatic rings. The van der Waals surface area contributed by atoms with Crippen LogP contribution in [0.4, 0.5) is 14.6 Å². The van der Waals surface area contributed by atoms with Crippen molar-refractivity contribution in [1.29, 1.82) is 0 Å². The van der Waals surface area contributed by atoms with Crippen molar-refractivity contribution in [1.82, 2.24) is 14.8 Å². The Labute approximate surface area is 91.9 Å². The molecule has 0 aliphatic carbocycles. The van der Waals surface area contributed by atoms with Crippen molar-refractivity contribution in [2.24, 2.45) is 0 Å². The zero-order valence-corrected chi connectivity index (χ0v) is 8.87. The lowest BCUT2D eigenvalue weighted by Crippen LogP contribution is -2.06. The number of anilines is 1. The van der Waals surface area contributed by atoms with Crippen LogP contribution in [0.3, 0.4) is 0 Å². The van der Waals surface area contributed by atoms with Crippen molar-refractivity contribution in [2.75, 3.05) is 5.73 Å². The van der Waals surface area contributed by atoms with Crippen molar-refractivity contribution in [2.45, 2.75) is 0 Å². The minimum Gasteiger partial charge on any atom is -0.381 e. The second-order valence-corrected chi connectivity index (χ2v) is 3.68. The van der Waals surface area contributed by atoms with Crippen LogP contribution in [0, 0.1) is 11.6 Å². The minimum absolute atomic E-state index is 0.139. The summed E-state index contributed by atoms with van der Waals surface area (Å²) in [6.45, 7) is 0. The van der Waals surface area contributed by atoms with Gasteiger partial charge in [-0.25, -0.2) is 18.4 Å². The van der Waals surface area contributed by atoms with Gasteiger partial charge in [0.05, 0.1) is 10.7 Å². The number of hydrogen-bond donors (Lipinski definition) is 1.